The van der Waals surface area contributed by atoms with Gasteiger partial charge in [0.05, 0.1) is 17.3 Å². The molecule has 20 heavy (non-hydrogen) atoms. The van der Waals surface area contributed by atoms with Crippen LogP contribution in [0.25, 0.3) is 10.9 Å². The van der Waals surface area contributed by atoms with E-state index in [-0.39, 0.29) is 6.10 Å². The molecule has 0 bridgehead atoms. The van der Waals surface area contributed by atoms with Crippen LogP contribution in [0, 0.1) is 11.8 Å². The lowest BCUT2D eigenvalue weighted by molar-refractivity contribution is 0.101. The molecule has 2 N–H and O–H groups in total. The molecular formula is C17H22N2O. The fraction of sp³-hybridized carbons (Fsp3) is 0.471. The second-order valence-electron chi connectivity index (χ2n) is 6.05. The molecule has 0 radical (unpaired) electrons. The molecule has 1 aromatic carbocycles. The summed E-state index contributed by atoms with van der Waals surface area (Å²) in [6.45, 7) is 4.64. The number of nitrogens with zero attached hydrogens (tertiary/aromatic N) is 1. The third-order valence-corrected chi connectivity index (χ3v) is 4.63. The zero-order chi connectivity index (χ0) is 14.1. The fourth-order valence-electron chi connectivity index (χ4n) is 3.04. The molecule has 106 valence electrons. The highest BCUT2D eigenvalue weighted by atomic mass is 16.5. The Morgan fingerprint density at radius 2 is 2.00 bits per heavy atom. The maximum absolute atomic E-state index is 6.23. The summed E-state index contributed by atoms with van der Waals surface area (Å²) in [6, 6.07) is 7.84. The summed E-state index contributed by atoms with van der Waals surface area (Å²) in [5.74, 6) is 2.32. The molecule has 0 amide bonds. The van der Waals surface area contributed by atoms with Gasteiger partial charge in [0, 0.05) is 11.6 Å². The van der Waals surface area contributed by atoms with E-state index in [1.165, 1.54) is 6.42 Å². The van der Waals surface area contributed by atoms with Gasteiger partial charge in [-0.25, -0.2) is 0 Å². The van der Waals surface area contributed by atoms with Gasteiger partial charge < -0.3 is 10.5 Å². The Morgan fingerprint density at radius 3 is 2.80 bits per heavy atom. The predicted octanol–water partition coefficient (Wildman–Crippen LogP) is 4.02. The summed E-state index contributed by atoms with van der Waals surface area (Å²) in [7, 11) is 0. The molecule has 3 heteroatoms. The van der Waals surface area contributed by atoms with Crippen LogP contribution in [0.5, 0.6) is 5.75 Å². The van der Waals surface area contributed by atoms with Gasteiger partial charge in [-0.05, 0) is 55.4 Å². The molecule has 2 aromatic rings. The largest absolute Gasteiger partial charge is 0.488 e. The number of aromatic nitrogens is 1. The number of nitrogens with two attached hydrogens (primary N) is 1. The first-order chi connectivity index (χ1) is 9.65. The normalized spacial score (nSPS) is 26.6. The number of ether oxygens (including phenoxy) is 1. The Kier molecular flexibility index (Phi) is 3.51. The molecule has 1 aliphatic carbocycles. The highest BCUT2D eigenvalue weighted by Crippen LogP contribution is 2.35. The number of rotatable bonds is 2. The summed E-state index contributed by atoms with van der Waals surface area (Å²) in [5, 5.41) is 0.974. The van der Waals surface area contributed by atoms with Crippen LogP contribution in [0.2, 0.25) is 0 Å². The number of hydrogen-bond acceptors (Lipinski definition) is 3. The maximum atomic E-state index is 6.23. The summed E-state index contributed by atoms with van der Waals surface area (Å²) >= 11 is 0. The number of hydrogen-bond donors (Lipinski definition) is 1. The van der Waals surface area contributed by atoms with Crippen molar-refractivity contribution in [2.75, 3.05) is 5.73 Å². The summed E-state index contributed by atoms with van der Waals surface area (Å²) in [5.41, 5.74) is 7.86. The topological polar surface area (TPSA) is 48.1 Å². The second kappa shape index (κ2) is 5.31. The van der Waals surface area contributed by atoms with Gasteiger partial charge in [0.1, 0.15) is 5.75 Å². The molecule has 1 aromatic heterocycles. The zero-order valence-corrected chi connectivity index (χ0v) is 12.2. The van der Waals surface area contributed by atoms with Crippen molar-refractivity contribution >= 4 is 16.6 Å². The Bertz CT molecular complexity index is 611. The minimum atomic E-state index is 0.289. The third-order valence-electron chi connectivity index (χ3n) is 4.63. The Labute approximate surface area is 120 Å². The number of nitrogen functional groups attached to an aromatic ring is 1. The fourth-order valence-corrected chi connectivity index (χ4v) is 3.04. The SMILES string of the molecule is CC1CCC(Oc2ccc3ncccc3c2N)CC1C. The standard InChI is InChI=1S/C17H22N2O/c1-11-5-6-13(10-12(11)2)20-16-8-7-15-14(17(16)18)4-3-9-19-15/h3-4,7-9,11-13H,5-6,10,18H2,1-2H3. The first-order valence-corrected chi connectivity index (χ1v) is 7.45. The van der Waals surface area contributed by atoms with Crippen molar-refractivity contribution in [1.82, 2.24) is 4.98 Å². The van der Waals surface area contributed by atoms with E-state index >= 15 is 0 Å². The molecule has 0 saturated heterocycles. The Balaban J connectivity index is 1.83. The molecule has 1 aliphatic rings. The van der Waals surface area contributed by atoms with E-state index in [1.807, 2.05) is 24.3 Å². The zero-order valence-electron chi connectivity index (χ0n) is 12.2. The first-order valence-electron chi connectivity index (χ1n) is 7.45. The Hall–Kier alpha value is -1.77. The van der Waals surface area contributed by atoms with Crippen molar-refractivity contribution in [2.24, 2.45) is 11.8 Å². The lowest BCUT2D eigenvalue weighted by Gasteiger charge is -2.32. The molecular weight excluding hydrogens is 248 g/mol. The van der Waals surface area contributed by atoms with Crippen LogP contribution >= 0.6 is 0 Å². The number of fused-ring (bicyclic) bond motifs is 1. The molecule has 0 aliphatic heterocycles. The molecule has 3 atom stereocenters. The van der Waals surface area contributed by atoms with Crippen LogP contribution in [0.4, 0.5) is 5.69 Å². The van der Waals surface area contributed by atoms with Gasteiger partial charge in [0.2, 0.25) is 0 Å². The summed E-state index contributed by atoms with van der Waals surface area (Å²) in [4.78, 5) is 4.32. The van der Waals surface area contributed by atoms with Crippen molar-refractivity contribution in [1.29, 1.82) is 0 Å². The number of anilines is 1. The van der Waals surface area contributed by atoms with E-state index in [9.17, 15) is 0 Å². The van der Waals surface area contributed by atoms with E-state index in [2.05, 4.69) is 18.8 Å². The van der Waals surface area contributed by atoms with E-state index in [0.29, 0.717) is 5.69 Å². The van der Waals surface area contributed by atoms with Gasteiger partial charge in [0.25, 0.3) is 0 Å². The van der Waals surface area contributed by atoms with E-state index in [1.54, 1.807) is 6.20 Å². The van der Waals surface area contributed by atoms with Crippen LogP contribution in [0.15, 0.2) is 30.5 Å². The monoisotopic (exact) mass is 270 g/mol. The van der Waals surface area contributed by atoms with Crippen molar-refractivity contribution in [3.63, 3.8) is 0 Å². The third kappa shape index (κ3) is 2.45. The molecule has 0 spiro atoms. The highest BCUT2D eigenvalue weighted by molar-refractivity contribution is 5.93. The lowest BCUT2D eigenvalue weighted by atomic mass is 9.80. The van der Waals surface area contributed by atoms with Gasteiger partial charge in [-0.2, -0.15) is 0 Å². The second-order valence-corrected chi connectivity index (χ2v) is 6.05. The van der Waals surface area contributed by atoms with Crippen molar-refractivity contribution < 1.29 is 4.74 Å². The molecule has 3 unspecified atom stereocenters. The van der Waals surface area contributed by atoms with E-state index < -0.39 is 0 Å². The van der Waals surface area contributed by atoms with Gasteiger partial charge in [-0.1, -0.05) is 13.8 Å². The molecule has 1 saturated carbocycles. The van der Waals surface area contributed by atoms with Crippen LogP contribution in [-0.4, -0.2) is 11.1 Å². The highest BCUT2D eigenvalue weighted by Gasteiger charge is 2.26. The lowest BCUT2D eigenvalue weighted by Crippen LogP contribution is -2.29. The van der Waals surface area contributed by atoms with E-state index in [0.717, 1.165) is 41.3 Å². The summed E-state index contributed by atoms with van der Waals surface area (Å²) < 4.78 is 6.16. The van der Waals surface area contributed by atoms with Crippen LogP contribution in [0.3, 0.4) is 0 Å². The molecule has 3 rings (SSSR count). The van der Waals surface area contributed by atoms with E-state index in [4.69, 9.17) is 10.5 Å². The van der Waals surface area contributed by atoms with Gasteiger partial charge in [0.15, 0.2) is 0 Å². The van der Waals surface area contributed by atoms with Crippen molar-refractivity contribution in [2.45, 2.75) is 39.2 Å². The maximum Gasteiger partial charge on any atom is 0.143 e. The summed E-state index contributed by atoms with van der Waals surface area (Å²) in [6.07, 6.45) is 5.55. The number of benzene rings is 1. The van der Waals surface area contributed by atoms with Crippen LogP contribution in [-0.2, 0) is 0 Å². The molecule has 1 heterocycles. The van der Waals surface area contributed by atoms with Crippen LogP contribution < -0.4 is 10.5 Å². The minimum absolute atomic E-state index is 0.289. The molecule has 1 fully saturated rings. The van der Waals surface area contributed by atoms with Crippen molar-refractivity contribution in [3.8, 4) is 5.75 Å². The van der Waals surface area contributed by atoms with Crippen molar-refractivity contribution in [3.05, 3.63) is 30.5 Å². The average molecular weight is 270 g/mol. The smallest absolute Gasteiger partial charge is 0.143 e. The quantitative estimate of drug-likeness (QED) is 0.838. The average Bonchev–Trinajstić information content (AvgIpc) is 2.46. The van der Waals surface area contributed by atoms with Gasteiger partial charge in [-0.15, -0.1) is 0 Å². The van der Waals surface area contributed by atoms with Crippen LogP contribution in [0.1, 0.15) is 33.1 Å². The minimum Gasteiger partial charge on any atom is -0.488 e. The number of pyridine rings is 1. The predicted molar refractivity (Wildman–Crippen MR) is 82.8 cm³/mol. The van der Waals surface area contributed by atoms with Gasteiger partial charge >= 0.3 is 0 Å². The van der Waals surface area contributed by atoms with Gasteiger partial charge in [-0.3, -0.25) is 4.98 Å². The Morgan fingerprint density at radius 1 is 1.15 bits per heavy atom. The first kappa shape index (κ1) is 13.2. The molecule has 3 nitrogen and oxygen atoms in total.